The minimum Gasteiger partial charge on any atom is -0.282 e. The van der Waals surface area contributed by atoms with Gasteiger partial charge in [-0.25, -0.2) is 0 Å². The third-order valence-corrected chi connectivity index (χ3v) is 7.27. The van der Waals surface area contributed by atoms with Crippen LogP contribution in [0.25, 0.3) is 0 Å². The molecule has 28 heavy (non-hydrogen) atoms. The van der Waals surface area contributed by atoms with Crippen LogP contribution in [-0.2, 0) is 33.0 Å². The summed E-state index contributed by atoms with van der Waals surface area (Å²) in [6.07, 6.45) is -4.32. The highest BCUT2D eigenvalue weighted by Crippen LogP contribution is 2.27. The Labute approximate surface area is 179 Å². The minimum atomic E-state index is -4.64. The lowest BCUT2D eigenvalue weighted by Gasteiger charge is -2.09. The number of rotatable bonds is 9. The number of aryl methyl sites for hydroxylation is 4. The lowest BCUT2D eigenvalue weighted by molar-refractivity contribution is 0.480. The molecule has 0 aliphatic heterocycles. The summed E-state index contributed by atoms with van der Waals surface area (Å²) in [6, 6.07) is 7.80. The standard InChI is InChI=1S/C18H22O6S4/c1-13-3-5-17(27(19,20)21)15(11-13)7-9-25-26-10-8-16-12-14(2)4-6-18(16)28(22,23)24/h3-6,11-12H,7-10H2,1-2H3,(H,19,20,21)(H,22,23,24)/i7D2,8D2. The molecule has 0 saturated heterocycles. The van der Waals surface area contributed by atoms with Crippen LogP contribution in [0.4, 0.5) is 0 Å². The van der Waals surface area contributed by atoms with E-state index in [9.17, 15) is 25.9 Å². The molecular formula is C18H22O6S4. The van der Waals surface area contributed by atoms with Crippen LogP contribution in [0, 0.1) is 13.8 Å². The molecule has 0 aliphatic carbocycles. The summed E-state index contributed by atoms with van der Waals surface area (Å²) < 4.78 is 98.5. The first-order valence-electron chi connectivity index (χ1n) is 9.87. The van der Waals surface area contributed by atoms with Crippen molar-refractivity contribution in [3.8, 4) is 0 Å². The summed E-state index contributed by atoms with van der Waals surface area (Å²) in [5.41, 5.74) is 0.789. The summed E-state index contributed by atoms with van der Waals surface area (Å²) >= 11 is 0. The molecule has 6 nitrogen and oxygen atoms in total. The number of hydrogen-bond acceptors (Lipinski definition) is 6. The molecule has 154 valence electrons. The summed E-state index contributed by atoms with van der Waals surface area (Å²) in [5, 5.41) is 0. The summed E-state index contributed by atoms with van der Waals surface area (Å²) in [5.74, 6) is -0.530. The monoisotopic (exact) mass is 466 g/mol. The summed E-state index contributed by atoms with van der Waals surface area (Å²) in [6.45, 7) is 3.30. The van der Waals surface area contributed by atoms with Crippen LogP contribution in [0.3, 0.4) is 0 Å². The molecule has 2 aromatic rings. The molecule has 0 aliphatic rings. The fourth-order valence-corrected chi connectivity index (χ4v) is 5.06. The van der Waals surface area contributed by atoms with E-state index in [2.05, 4.69) is 0 Å². The Kier molecular flexibility index (Phi) is 6.12. The maximum absolute atomic E-state index is 11.6. The molecule has 10 heteroatoms. The molecule has 0 aromatic heterocycles. The first-order chi connectivity index (χ1) is 14.4. The van der Waals surface area contributed by atoms with Crippen molar-refractivity contribution >= 4 is 41.8 Å². The zero-order valence-electron chi connectivity index (χ0n) is 19.0. The smallest absolute Gasteiger partial charge is 0.282 e. The lowest BCUT2D eigenvalue weighted by atomic mass is 10.1. The van der Waals surface area contributed by atoms with Gasteiger partial charge < -0.3 is 0 Å². The van der Waals surface area contributed by atoms with E-state index in [-0.39, 0.29) is 22.6 Å². The molecule has 0 amide bonds. The van der Waals surface area contributed by atoms with Crippen molar-refractivity contribution < 1.29 is 31.4 Å². The third-order valence-electron chi connectivity index (χ3n) is 3.55. The quantitative estimate of drug-likeness (QED) is 0.325. The van der Waals surface area contributed by atoms with E-state index in [0.29, 0.717) is 11.1 Å². The van der Waals surface area contributed by atoms with Crippen molar-refractivity contribution in [3.05, 3.63) is 58.7 Å². The van der Waals surface area contributed by atoms with Crippen molar-refractivity contribution in [3.63, 3.8) is 0 Å². The van der Waals surface area contributed by atoms with Gasteiger partial charge >= 0.3 is 0 Å². The van der Waals surface area contributed by atoms with E-state index in [1.54, 1.807) is 13.8 Å². The second-order valence-corrected chi connectivity index (χ2v) is 11.1. The Morgan fingerprint density at radius 1 is 0.786 bits per heavy atom. The van der Waals surface area contributed by atoms with E-state index in [1.807, 2.05) is 0 Å². The largest absolute Gasteiger partial charge is 0.294 e. The van der Waals surface area contributed by atoms with Crippen LogP contribution >= 0.6 is 21.6 Å². The Hall–Kier alpha value is -1.04. The predicted octanol–water partition coefficient (Wildman–Crippen LogP) is 3.96. The molecule has 2 aromatic carbocycles. The highest BCUT2D eigenvalue weighted by Gasteiger charge is 2.16. The Morgan fingerprint density at radius 3 is 1.46 bits per heavy atom. The van der Waals surface area contributed by atoms with Crippen LogP contribution in [0.5, 0.6) is 0 Å². The maximum Gasteiger partial charge on any atom is 0.294 e. The summed E-state index contributed by atoms with van der Waals surface area (Å²) in [7, 11) is -7.42. The highest BCUT2D eigenvalue weighted by molar-refractivity contribution is 8.76. The molecule has 0 spiro atoms. The van der Waals surface area contributed by atoms with Gasteiger partial charge in [0, 0.05) is 17.0 Å². The first kappa shape index (κ1) is 17.8. The minimum absolute atomic E-state index is 0.205. The first-order valence-corrected chi connectivity index (χ1v) is 13.2. The maximum atomic E-state index is 11.6. The zero-order chi connectivity index (χ0) is 24.5. The molecule has 0 radical (unpaired) electrons. The Morgan fingerprint density at radius 2 is 1.14 bits per heavy atom. The Balaban J connectivity index is 2.19. The van der Waals surface area contributed by atoms with Crippen molar-refractivity contribution in [2.24, 2.45) is 0 Å². The molecule has 0 bridgehead atoms. The van der Waals surface area contributed by atoms with Crippen molar-refractivity contribution in [2.45, 2.75) is 36.4 Å². The van der Waals surface area contributed by atoms with E-state index >= 15 is 0 Å². The van der Waals surface area contributed by atoms with Gasteiger partial charge in [0.05, 0.1) is 9.79 Å². The van der Waals surface area contributed by atoms with Crippen molar-refractivity contribution in [1.82, 2.24) is 0 Å². The van der Waals surface area contributed by atoms with Crippen molar-refractivity contribution in [1.29, 1.82) is 0 Å². The van der Waals surface area contributed by atoms with Gasteiger partial charge in [0.1, 0.15) is 0 Å². The lowest BCUT2D eigenvalue weighted by Crippen LogP contribution is -2.05. The van der Waals surface area contributed by atoms with Gasteiger partial charge in [-0.1, -0.05) is 57.0 Å². The molecule has 0 atom stereocenters. The van der Waals surface area contributed by atoms with E-state index < -0.39 is 42.8 Å². The van der Waals surface area contributed by atoms with Crippen LogP contribution in [0.2, 0.25) is 0 Å². The molecule has 2 rings (SSSR count). The Bertz CT molecular complexity index is 1120. The molecule has 0 saturated carbocycles. The predicted molar refractivity (Wildman–Crippen MR) is 114 cm³/mol. The summed E-state index contributed by atoms with van der Waals surface area (Å²) in [4.78, 5) is -1.07. The van der Waals surface area contributed by atoms with Gasteiger partial charge in [-0.2, -0.15) is 16.8 Å². The van der Waals surface area contributed by atoms with Gasteiger partial charge in [0.2, 0.25) is 0 Å². The fraction of sp³-hybridized carbons (Fsp3) is 0.333. The van der Waals surface area contributed by atoms with E-state index in [0.717, 1.165) is 33.7 Å². The topological polar surface area (TPSA) is 109 Å². The molecule has 2 N–H and O–H groups in total. The average molecular weight is 467 g/mol. The van der Waals surface area contributed by atoms with Crippen LogP contribution in [-0.4, -0.2) is 37.4 Å². The fourth-order valence-electron chi connectivity index (χ4n) is 2.31. The van der Waals surface area contributed by atoms with Crippen molar-refractivity contribution in [2.75, 3.05) is 11.5 Å². The molecule has 0 unspecified atom stereocenters. The molecule has 0 fully saturated rings. The third kappa shape index (κ3) is 6.78. The van der Waals surface area contributed by atoms with Gasteiger partial charge in [-0.3, -0.25) is 9.11 Å². The second kappa shape index (κ2) is 9.64. The second-order valence-electron chi connectivity index (χ2n) is 5.83. The number of benzene rings is 2. The zero-order valence-corrected chi connectivity index (χ0v) is 18.3. The molecule has 0 heterocycles. The van der Waals surface area contributed by atoms with E-state index in [4.69, 9.17) is 5.48 Å². The van der Waals surface area contributed by atoms with Crippen LogP contribution in [0.15, 0.2) is 46.2 Å². The SMILES string of the molecule is [2H]C([2H])(CSSCC([2H])([2H])c1cc(C)ccc1S(=O)(=O)O)c1cc(C)ccc1S(=O)(=O)O. The van der Waals surface area contributed by atoms with Gasteiger partial charge in [-0.05, 0) is 49.9 Å². The average Bonchev–Trinajstić information content (AvgIpc) is 2.63. The van der Waals surface area contributed by atoms with E-state index in [1.165, 1.54) is 24.3 Å². The van der Waals surface area contributed by atoms with Gasteiger partial charge in [-0.15, -0.1) is 0 Å². The van der Waals surface area contributed by atoms with Crippen LogP contribution in [0.1, 0.15) is 27.7 Å². The van der Waals surface area contributed by atoms with Gasteiger partial charge in [0.15, 0.2) is 0 Å². The number of hydrogen-bond donors (Lipinski definition) is 2. The highest BCUT2D eigenvalue weighted by atomic mass is 33.1. The van der Waals surface area contributed by atoms with Gasteiger partial charge in [0.25, 0.3) is 20.2 Å². The normalized spacial score (nSPS) is 15.4. The van der Waals surface area contributed by atoms with Crippen LogP contribution < -0.4 is 0 Å². The molecular weight excluding hydrogens is 440 g/mol.